The Balaban J connectivity index is 2.04. The van der Waals surface area contributed by atoms with E-state index in [1.54, 1.807) is 0 Å². The normalized spacial score (nSPS) is 23.3. The molecule has 4 rings (SSSR count). The van der Waals surface area contributed by atoms with Gasteiger partial charge < -0.3 is 59.1 Å². The first kappa shape index (κ1) is 26.8. The van der Waals surface area contributed by atoms with E-state index in [1.165, 1.54) is 14.0 Å². The van der Waals surface area contributed by atoms with E-state index in [0.717, 1.165) is 25.1 Å². The van der Waals surface area contributed by atoms with E-state index >= 15 is 0 Å². The highest BCUT2D eigenvalue weighted by molar-refractivity contribution is 5.95. The van der Waals surface area contributed by atoms with Crippen molar-refractivity contribution >= 4 is 16.9 Å². The molecule has 14 nitrogen and oxygen atoms in total. The Bertz CT molecular complexity index is 1440. The van der Waals surface area contributed by atoms with Crippen molar-refractivity contribution in [1.82, 2.24) is 0 Å². The minimum Gasteiger partial charge on any atom is -0.507 e. The zero-order valence-electron chi connectivity index (χ0n) is 20.1. The van der Waals surface area contributed by atoms with E-state index in [2.05, 4.69) is 0 Å². The van der Waals surface area contributed by atoms with Crippen LogP contribution in [0.25, 0.3) is 22.3 Å². The van der Waals surface area contributed by atoms with Crippen LogP contribution in [-0.2, 0) is 9.53 Å². The number of hydrogen-bond donors (Lipinski definition) is 7. The van der Waals surface area contributed by atoms with Crippen molar-refractivity contribution in [2.24, 2.45) is 0 Å². The van der Waals surface area contributed by atoms with E-state index in [9.17, 15) is 45.3 Å². The Morgan fingerprint density at radius 2 is 1.55 bits per heavy atom. The molecule has 0 amide bonds. The molecule has 7 N–H and O–H groups in total. The molecule has 38 heavy (non-hydrogen) atoms. The number of carbonyl (C=O) groups excluding carboxylic acids is 1. The summed E-state index contributed by atoms with van der Waals surface area (Å²) in [5, 5.41) is 70.5. The Labute approximate surface area is 213 Å². The van der Waals surface area contributed by atoms with Gasteiger partial charge >= 0.3 is 5.97 Å². The topological polar surface area (TPSA) is 226 Å². The number of phenolic OH excluding ortho intramolecular Hbond substituents is 4. The second kappa shape index (κ2) is 9.90. The fraction of sp³-hybridized carbons (Fsp3) is 0.333. The zero-order chi connectivity index (χ0) is 28.0. The molecule has 5 atom stereocenters. The standard InChI is InChI=1S/C24H24O14/c1-7-15(29)18(32)19(33)24(35-7)38-23-17(31)14-10(26)6-13(34-3)21(36-8(2)25)22(14)37-20(23)9-4-11(27)16(30)12(28)5-9/h4-7,15,18-19,24,26-30,32-33H,1-3H3. The Kier molecular flexibility index (Phi) is 6.99. The van der Waals surface area contributed by atoms with Gasteiger partial charge in [-0.05, 0) is 19.1 Å². The van der Waals surface area contributed by atoms with Gasteiger partial charge in [0.15, 0.2) is 34.3 Å². The number of aromatic hydroxyl groups is 4. The van der Waals surface area contributed by atoms with Crippen LogP contribution in [0.3, 0.4) is 0 Å². The molecule has 0 spiro atoms. The average Bonchev–Trinajstić information content (AvgIpc) is 2.86. The summed E-state index contributed by atoms with van der Waals surface area (Å²) in [6.07, 6.45) is -7.85. The minimum absolute atomic E-state index is 0.193. The Hall–Kier alpha value is -4.24. The number of phenols is 4. The first-order chi connectivity index (χ1) is 17.8. The van der Waals surface area contributed by atoms with Gasteiger partial charge in [-0.2, -0.15) is 0 Å². The number of ether oxygens (including phenoxy) is 4. The highest BCUT2D eigenvalue weighted by Gasteiger charge is 2.44. The highest BCUT2D eigenvalue weighted by atomic mass is 16.7. The maximum absolute atomic E-state index is 13.7. The summed E-state index contributed by atoms with van der Waals surface area (Å²) in [4.78, 5) is 25.4. The SMILES string of the molecule is COc1cc(O)c2c(=O)c(OC3OC(C)C(O)C(O)C3O)c(-c3cc(O)c(O)c(O)c3)oc2c1OC(C)=O. The van der Waals surface area contributed by atoms with Crippen molar-refractivity contribution in [2.45, 2.75) is 44.6 Å². The first-order valence-electron chi connectivity index (χ1n) is 11.1. The summed E-state index contributed by atoms with van der Waals surface area (Å²) < 4.78 is 27.1. The smallest absolute Gasteiger partial charge is 0.308 e. The van der Waals surface area contributed by atoms with E-state index in [4.69, 9.17) is 23.4 Å². The van der Waals surface area contributed by atoms with E-state index in [0.29, 0.717) is 0 Å². The van der Waals surface area contributed by atoms with Crippen molar-refractivity contribution in [1.29, 1.82) is 0 Å². The summed E-state index contributed by atoms with van der Waals surface area (Å²) in [6.45, 7) is 2.44. The van der Waals surface area contributed by atoms with Gasteiger partial charge in [0.05, 0.1) is 13.2 Å². The van der Waals surface area contributed by atoms with Crippen LogP contribution in [0.15, 0.2) is 27.4 Å². The fourth-order valence-corrected chi connectivity index (χ4v) is 3.94. The quantitative estimate of drug-likeness (QED) is 0.133. The van der Waals surface area contributed by atoms with E-state index in [1.807, 2.05) is 0 Å². The molecule has 1 aliphatic heterocycles. The summed E-state index contributed by atoms with van der Waals surface area (Å²) in [5.74, 6) is -5.90. The molecule has 0 radical (unpaired) electrons. The first-order valence-corrected chi connectivity index (χ1v) is 11.1. The number of esters is 1. The van der Waals surface area contributed by atoms with Crippen LogP contribution in [-0.4, -0.2) is 79.5 Å². The number of aliphatic hydroxyl groups excluding tert-OH is 3. The number of benzene rings is 2. The molecular weight excluding hydrogens is 512 g/mol. The molecule has 1 aliphatic rings. The summed E-state index contributed by atoms with van der Waals surface area (Å²) >= 11 is 0. The molecule has 1 aromatic heterocycles. The molecule has 5 unspecified atom stereocenters. The lowest BCUT2D eigenvalue weighted by Crippen LogP contribution is -2.58. The number of hydrogen-bond acceptors (Lipinski definition) is 14. The molecule has 3 aromatic rings. The molecule has 0 aliphatic carbocycles. The largest absolute Gasteiger partial charge is 0.507 e. The number of rotatable bonds is 5. The zero-order valence-corrected chi connectivity index (χ0v) is 20.1. The second-order valence-electron chi connectivity index (χ2n) is 8.48. The molecule has 14 heteroatoms. The van der Waals surface area contributed by atoms with Crippen LogP contribution in [0.4, 0.5) is 0 Å². The van der Waals surface area contributed by atoms with Gasteiger partial charge in [0.25, 0.3) is 0 Å². The number of fused-ring (bicyclic) bond motifs is 1. The van der Waals surface area contributed by atoms with Crippen LogP contribution in [0.1, 0.15) is 13.8 Å². The van der Waals surface area contributed by atoms with Crippen LogP contribution < -0.4 is 19.6 Å². The van der Waals surface area contributed by atoms with Gasteiger partial charge in [0.2, 0.25) is 23.2 Å². The van der Waals surface area contributed by atoms with Gasteiger partial charge in [-0.25, -0.2) is 0 Å². The van der Waals surface area contributed by atoms with Gasteiger partial charge in [0.1, 0.15) is 29.4 Å². The van der Waals surface area contributed by atoms with Gasteiger partial charge in [-0.1, -0.05) is 0 Å². The molecule has 1 saturated heterocycles. The third-order valence-electron chi connectivity index (χ3n) is 5.86. The van der Waals surface area contributed by atoms with Crippen LogP contribution in [0.2, 0.25) is 0 Å². The number of carbonyl (C=O) groups is 1. The molecule has 204 valence electrons. The van der Waals surface area contributed by atoms with Crippen molar-refractivity contribution in [3.05, 3.63) is 28.4 Å². The fourth-order valence-electron chi connectivity index (χ4n) is 3.94. The maximum atomic E-state index is 13.7. The summed E-state index contributed by atoms with van der Waals surface area (Å²) in [5.41, 5.74) is -1.84. The lowest BCUT2D eigenvalue weighted by atomic mass is 10.00. The maximum Gasteiger partial charge on any atom is 0.308 e. The average molecular weight is 536 g/mol. The van der Waals surface area contributed by atoms with Crippen LogP contribution >= 0.6 is 0 Å². The summed E-state index contributed by atoms with van der Waals surface area (Å²) in [7, 11) is 1.20. The molecule has 2 aromatic carbocycles. The Morgan fingerprint density at radius 3 is 2.13 bits per heavy atom. The van der Waals surface area contributed by atoms with Gasteiger partial charge in [0, 0.05) is 18.6 Å². The molecule has 0 saturated carbocycles. The summed E-state index contributed by atoms with van der Waals surface area (Å²) in [6, 6.07) is 2.78. The monoisotopic (exact) mass is 536 g/mol. The van der Waals surface area contributed by atoms with Crippen LogP contribution in [0.5, 0.6) is 40.2 Å². The third kappa shape index (κ3) is 4.50. The van der Waals surface area contributed by atoms with Crippen LogP contribution in [0, 0.1) is 0 Å². The van der Waals surface area contributed by atoms with E-state index < -0.39 is 93.3 Å². The van der Waals surface area contributed by atoms with Crippen molar-refractivity contribution in [3.63, 3.8) is 0 Å². The molecule has 2 heterocycles. The third-order valence-corrected chi connectivity index (χ3v) is 5.86. The number of methoxy groups -OCH3 is 1. The molecule has 1 fully saturated rings. The second-order valence-corrected chi connectivity index (χ2v) is 8.48. The van der Waals surface area contributed by atoms with Gasteiger partial charge in [-0.3, -0.25) is 9.59 Å². The molecular formula is C24H24O14. The van der Waals surface area contributed by atoms with Gasteiger partial charge in [-0.15, -0.1) is 0 Å². The van der Waals surface area contributed by atoms with Crippen molar-refractivity contribution in [2.75, 3.05) is 7.11 Å². The lowest BCUT2D eigenvalue weighted by Gasteiger charge is -2.38. The minimum atomic E-state index is -1.85. The van der Waals surface area contributed by atoms with Crippen molar-refractivity contribution in [3.8, 4) is 51.6 Å². The lowest BCUT2D eigenvalue weighted by molar-refractivity contribution is -0.268. The Morgan fingerprint density at radius 1 is 0.921 bits per heavy atom. The van der Waals surface area contributed by atoms with E-state index in [-0.39, 0.29) is 11.3 Å². The highest BCUT2D eigenvalue weighted by Crippen LogP contribution is 2.46. The molecule has 0 bridgehead atoms. The predicted octanol–water partition coefficient (Wildman–Crippen LogP) is 0.423. The van der Waals surface area contributed by atoms with Crippen molar-refractivity contribution < 1.29 is 63.9 Å². The predicted molar refractivity (Wildman–Crippen MR) is 125 cm³/mol. The number of aliphatic hydroxyl groups is 3.